The maximum atomic E-state index is 12.6. The summed E-state index contributed by atoms with van der Waals surface area (Å²) in [5, 5.41) is 8.59. The molecule has 3 N–H and O–H groups in total. The number of carbonyl (C=O) groups excluding carboxylic acids is 1. The number of fused-ring (bicyclic) bond motifs is 1. The number of likely N-dealkylation sites (N-methyl/N-ethyl adjacent to an activating group) is 1. The van der Waals surface area contributed by atoms with Gasteiger partial charge in [-0.05, 0) is 87.3 Å². The van der Waals surface area contributed by atoms with Crippen LogP contribution in [0.2, 0.25) is 0 Å². The fourth-order valence-corrected chi connectivity index (χ4v) is 5.31. The maximum absolute atomic E-state index is 12.6. The summed E-state index contributed by atoms with van der Waals surface area (Å²) >= 11 is 0. The van der Waals surface area contributed by atoms with Crippen LogP contribution in [-0.2, 0) is 5.41 Å². The minimum absolute atomic E-state index is 0.292. The first kappa shape index (κ1) is 21.8. The number of nitrogens with zero attached hydrogens (tertiary/aromatic N) is 3. The number of aryl methyl sites for hydroxylation is 1. The third-order valence-corrected chi connectivity index (χ3v) is 7.64. The highest BCUT2D eigenvalue weighted by Crippen LogP contribution is 2.56. The molecule has 0 spiro atoms. The van der Waals surface area contributed by atoms with Gasteiger partial charge in [-0.15, -0.1) is 0 Å². The van der Waals surface area contributed by atoms with E-state index in [2.05, 4.69) is 45.3 Å². The van der Waals surface area contributed by atoms with Gasteiger partial charge in [0.25, 0.3) is 0 Å². The first-order chi connectivity index (χ1) is 16.9. The van der Waals surface area contributed by atoms with E-state index in [4.69, 9.17) is 10.5 Å². The number of rotatable bonds is 7. The molecule has 1 saturated heterocycles. The molecule has 2 fully saturated rings. The summed E-state index contributed by atoms with van der Waals surface area (Å²) < 4.78 is 6.04. The van der Waals surface area contributed by atoms with E-state index in [1.54, 1.807) is 0 Å². The number of H-pyrrole nitrogens is 1. The minimum atomic E-state index is -0.431. The van der Waals surface area contributed by atoms with E-state index >= 15 is 0 Å². The van der Waals surface area contributed by atoms with Gasteiger partial charge in [0.15, 0.2) is 0 Å². The quantitative estimate of drug-likeness (QED) is 0.425. The molecule has 1 unspecified atom stereocenters. The lowest BCUT2D eigenvalue weighted by Gasteiger charge is -2.37. The number of nitrogens with one attached hydrogen (secondary N) is 1. The molecule has 178 valence electrons. The molecule has 3 heterocycles. The summed E-state index contributed by atoms with van der Waals surface area (Å²) in [6.45, 7) is 3.70. The zero-order valence-corrected chi connectivity index (χ0v) is 20.0. The van der Waals surface area contributed by atoms with Crippen molar-refractivity contribution in [2.75, 3.05) is 20.2 Å². The number of aromatic nitrogens is 3. The number of nitrogens with two attached hydrogens (primary N) is 1. The number of pyridine rings is 1. The normalized spacial score (nSPS) is 18.9. The topological polar surface area (TPSA) is 97.1 Å². The van der Waals surface area contributed by atoms with Crippen LogP contribution >= 0.6 is 0 Å². The maximum Gasteiger partial charge on any atom is 0.249 e. The summed E-state index contributed by atoms with van der Waals surface area (Å²) in [4.78, 5) is 19.5. The lowest BCUT2D eigenvalue weighted by Crippen LogP contribution is -2.48. The van der Waals surface area contributed by atoms with Crippen LogP contribution in [0.1, 0.15) is 46.4 Å². The number of aromatic amines is 1. The van der Waals surface area contributed by atoms with E-state index in [0.29, 0.717) is 24.0 Å². The van der Waals surface area contributed by atoms with Gasteiger partial charge in [-0.1, -0.05) is 12.1 Å². The summed E-state index contributed by atoms with van der Waals surface area (Å²) in [5.41, 5.74) is 12.1. The highest BCUT2D eigenvalue weighted by Gasteiger charge is 2.49. The molecule has 4 aromatic rings. The average molecular weight is 468 g/mol. The largest absolute Gasteiger partial charge is 0.492 e. The van der Waals surface area contributed by atoms with Crippen molar-refractivity contribution >= 4 is 16.8 Å². The molecule has 1 atom stereocenters. The summed E-state index contributed by atoms with van der Waals surface area (Å²) in [6.07, 6.45) is 4.82. The number of carbonyl (C=O) groups is 1. The van der Waals surface area contributed by atoms with Gasteiger partial charge in [0.1, 0.15) is 12.4 Å². The van der Waals surface area contributed by atoms with E-state index in [1.807, 2.05) is 43.5 Å². The van der Waals surface area contributed by atoms with Gasteiger partial charge in [-0.3, -0.25) is 19.8 Å². The molecule has 1 aliphatic carbocycles. The van der Waals surface area contributed by atoms with E-state index in [9.17, 15) is 4.79 Å². The van der Waals surface area contributed by atoms with Crippen molar-refractivity contribution in [2.24, 2.45) is 5.73 Å². The van der Waals surface area contributed by atoms with Crippen LogP contribution in [0.5, 0.6) is 5.75 Å². The predicted molar refractivity (Wildman–Crippen MR) is 136 cm³/mol. The smallest absolute Gasteiger partial charge is 0.249 e. The Morgan fingerprint density at radius 1 is 1.20 bits per heavy atom. The van der Waals surface area contributed by atoms with Gasteiger partial charge in [0.05, 0.1) is 11.2 Å². The molecule has 35 heavy (non-hydrogen) atoms. The van der Waals surface area contributed by atoms with Crippen LogP contribution in [0.4, 0.5) is 0 Å². The van der Waals surface area contributed by atoms with E-state index < -0.39 is 5.91 Å². The van der Waals surface area contributed by atoms with Crippen molar-refractivity contribution in [3.05, 3.63) is 77.1 Å². The number of hydrogen-bond acceptors (Lipinski definition) is 5. The van der Waals surface area contributed by atoms with Gasteiger partial charge in [-0.25, -0.2) is 0 Å². The molecule has 0 bridgehead atoms. The molecule has 0 radical (unpaired) electrons. The van der Waals surface area contributed by atoms with Crippen LogP contribution in [0, 0.1) is 6.92 Å². The number of amides is 1. The summed E-state index contributed by atoms with van der Waals surface area (Å²) in [5.74, 6) is 0.255. The van der Waals surface area contributed by atoms with E-state index in [1.165, 1.54) is 0 Å². The number of likely N-dealkylation sites (tertiary alicyclic amines) is 1. The Bertz CT molecular complexity index is 1440. The number of hydrogen-bond donors (Lipinski definition) is 2. The van der Waals surface area contributed by atoms with Gasteiger partial charge in [0.2, 0.25) is 5.91 Å². The second-order valence-electron chi connectivity index (χ2n) is 9.92. The van der Waals surface area contributed by atoms with Gasteiger partial charge in [0, 0.05) is 39.9 Å². The minimum Gasteiger partial charge on any atom is -0.492 e. The molecular formula is C28H29N5O2. The third-order valence-electron chi connectivity index (χ3n) is 7.64. The van der Waals surface area contributed by atoms with Crippen molar-refractivity contribution < 1.29 is 9.53 Å². The van der Waals surface area contributed by atoms with Crippen molar-refractivity contribution in [2.45, 2.75) is 37.6 Å². The monoisotopic (exact) mass is 467 g/mol. The fraction of sp³-hybridized carbons (Fsp3) is 0.321. The Balaban J connectivity index is 1.43. The van der Waals surface area contributed by atoms with E-state index in [-0.39, 0.29) is 5.41 Å². The summed E-state index contributed by atoms with van der Waals surface area (Å²) in [6, 6.07) is 16.6. The van der Waals surface area contributed by atoms with Crippen LogP contribution < -0.4 is 10.5 Å². The Morgan fingerprint density at radius 3 is 2.71 bits per heavy atom. The van der Waals surface area contributed by atoms with Crippen LogP contribution in [-0.4, -0.2) is 52.2 Å². The second-order valence-corrected chi connectivity index (χ2v) is 9.92. The van der Waals surface area contributed by atoms with Crippen molar-refractivity contribution in [1.29, 1.82) is 0 Å². The third kappa shape index (κ3) is 3.76. The number of ether oxygens (including phenoxy) is 1. The second kappa shape index (κ2) is 8.20. The molecule has 1 aliphatic heterocycles. The number of primary amides is 1. The Labute approximate surface area is 204 Å². The zero-order chi connectivity index (χ0) is 24.2. The van der Waals surface area contributed by atoms with Crippen molar-refractivity contribution in [3.63, 3.8) is 0 Å². The molecule has 2 aromatic heterocycles. The first-order valence-electron chi connectivity index (χ1n) is 12.1. The molecular weight excluding hydrogens is 438 g/mol. The molecule has 2 aliphatic rings. The number of benzene rings is 2. The van der Waals surface area contributed by atoms with Crippen molar-refractivity contribution in [1.82, 2.24) is 20.1 Å². The highest BCUT2D eigenvalue weighted by molar-refractivity contribution is 5.97. The van der Waals surface area contributed by atoms with Crippen molar-refractivity contribution in [3.8, 4) is 17.0 Å². The molecule has 6 rings (SSSR count). The van der Waals surface area contributed by atoms with Crippen LogP contribution in [0.25, 0.3) is 22.2 Å². The highest BCUT2D eigenvalue weighted by atomic mass is 16.5. The van der Waals surface area contributed by atoms with Gasteiger partial charge in [-0.2, -0.15) is 5.10 Å². The van der Waals surface area contributed by atoms with Gasteiger partial charge < -0.3 is 10.5 Å². The van der Waals surface area contributed by atoms with Crippen LogP contribution in [0.3, 0.4) is 0 Å². The predicted octanol–water partition coefficient (Wildman–Crippen LogP) is 4.20. The standard InChI is InChI=1S/C28H29N5O2/c1-17-12-25(32-31-17)18-13-24(21-4-3-10-30-26(21)14-18)28(8-9-28)23-6-5-20(15-22(23)27(29)34)35-16-19-7-11-33(19)2/h3-6,10,12-15,19H,7-9,11,16H2,1-2H3,(H2,29,34)(H,31,32). The lowest BCUT2D eigenvalue weighted by molar-refractivity contribution is 0.0768. The van der Waals surface area contributed by atoms with E-state index in [0.717, 1.165) is 64.8 Å². The summed E-state index contributed by atoms with van der Waals surface area (Å²) in [7, 11) is 2.10. The zero-order valence-electron chi connectivity index (χ0n) is 20.0. The fourth-order valence-electron chi connectivity index (χ4n) is 5.31. The Morgan fingerprint density at radius 2 is 2.06 bits per heavy atom. The van der Waals surface area contributed by atoms with Gasteiger partial charge >= 0.3 is 0 Å². The first-order valence-corrected chi connectivity index (χ1v) is 12.1. The SMILES string of the molecule is Cc1cc(-c2cc(C3(c4ccc(OCC5CCN5C)cc4C(N)=O)CC3)c3cccnc3c2)n[nH]1. The Hall–Kier alpha value is -3.71. The Kier molecular flexibility index (Phi) is 5.11. The lowest BCUT2D eigenvalue weighted by atomic mass is 9.82. The molecule has 1 amide bonds. The molecule has 7 nitrogen and oxygen atoms in total. The molecule has 2 aromatic carbocycles. The van der Waals surface area contributed by atoms with Crippen LogP contribution in [0.15, 0.2) is 54.7 Å². The molecule has 1 saturated carbocycles. The molecule has 7 heteroatoms. The average Bonchev–Trinajstić information content (AvgIpc) is 3.55.